The van der Waals surface area contributed by atoms with Crippen LogP contribution in [0.15, 0.2) is 9.63 Å². The molecule has 0 amide bonds. The van der Waals surface area contributed by atoms with E-state index in [4.69, 9.17) is 0 Å². The largest absolute Gasteiger partial charge is 0.378 e. The van der Waals surface area contributed by atoms with Crippen LogP contribution in [0.2, 0.25) is 0 Å². The van der Waals surface area contributed by atoms with Crippen LogP contribution in [-0.4, -0.2) is 26.4 Å². The molecule has 0 saturated carbocycles. The average molecular weight is 315 g/mol. The van der Waals surface area contributed by atoms with Gasteiger partial charge in [0.2, 0.25) is 0 Å². The molecule has 0 spiro atoms. The minimum atomic E-state index is -1.02. The van der Waals surface area contributed by atoms with Crippen LogP contribution in [0.3, 0.4) is 0 Å². The molecule has 0 radical (unpaired) electrons. The Balaban J connectivity index is 3.17. The highest BCUT2D eigenvalue weighted by atomic mass is 79.9. The zero-order valence-electron chi connectivity index (χ0n) is 10.3. The Morgan fingerprint density at radius 1 is 1.41 bits per heavy atom. The number of aliphatic hydroxyl groups is 1. The monoisotopic (exact) mass is 314 g/mol. The second kappa shape index (κ2) is 5.85. The second-order valence-electron chi connectivity index (χ2n) is 4.00. The van der Waals surface area contributed by atoms with E-state index < -0.39 is 5.60 Å². The molecule has 0 unspecified atom stereocenters. The van der Waals surface area contributed by atoms with E-state index in [0.717, 1.165) is 15.9 Å². The summed E-state index contributed by atoms with van der Waals surface area (Å²) in [6.45, 7) is 7.24. The summed E-state index contributed by atoms with van der Waals surface area (Å²) in [4.78, 5) is 8.69. The predicted octanol–water partition coefficient (Wildman–Crippen LogP) is 2.78. The summed E-state index contributed by atoms with van der Waals surface area (Å²) < 4.78 is 0.787. The minimum Gasteiger partial charge on any atom is -0.378 e. The number of rotatable bonds is 2. The molecular formula is C12H15BrN2OS. The third-order valence-corrected chi connectivity index (χ3v) is 3.44. The summed E-state index contributed by atoms with van der Waals surface area (Å²) in [5, 5.41) is 10.3. The van der Waals surface area contributed by atoms with Crippen molar-refractivity contribution in [1.82, 2.24) is 9.97 Å². The maximum atomic E-state index is 9.57. The fourth-order valence-electron chi connectivity index (χ4n) is 1.02. The number of halogens is 1. The number of nitrogens with zero attached hydrogens (tertiary/aromatic N) is 2. The lowest BCUT2D eigenvalue weighted by atomic mass is 10.1. The van der Waals surface area contributed by atoms with Gasteiger partial charge in [0.15, 0.2) is 5.16 Å². The van der Waals surface area contributed by atoms with Crippen molar-refractivity contribution in [2.45, 2.75) is 38.5 Å². The molecule has 0 atom stereocenters. The first-order valence-corrected chi connectivity index (χ1v) is 7.04. The Labute approximate surface area is 115 Å². The van der Waals surface area contributed by atoms with Gasteiger partial charge in [0.05, 0.1) is 10.2 Å². The van der Waals surface area contributed by atoms with Crippen molar-refractivity contribution < 1.29 is 5.11 Å². The van der Waals surface area contributed by atoms with Gasteiger partial charge in [0, 0.05) is 0 Å². The summed E-state index contributed by atoms with van der Waals surface area (Å²) >= 11 is 4.99. The molecular weight excluding hydrogens is 300 g/mol. The molecule has 1 rings (SSSR count). The van der Waals surface area contributed by atoms with E-state index in [9.17, 15) is 5.11 Å². The summed E-state index contributed by atoms with van der Waals surface area (Å²) in [7, 11) is 0. The van der Waals surface area contributed by atoms with E-state index in [1.54, 1.807) is 25.6 Å². The summed E-state index contributed by atoms with van der Waals surface area (Å²) in [5.74, 6) is 6.55. The van der Waals surface area contributed by atoms with Gasteiger partial charge >= 0.3 is 0 Å². The number of aromatic nitrogens is 2. The highest BCUT2D eigenvalue weighted by Crippen LogP contribution is 2.21. The van der Waals surface area contributed by atoms with Gasteiger partial charge in [-0.2, -0.15) is 0 Å². The minimum absolute atomic E-state index is 0.621. The van der Waals surface area contributed by atoms with E-state index in [1.807, 2.05) is 13.8 Å². The Kier molecular flexibility index (Phi) is 4.99. The van der Waals surface area contributed by atoms with Gasteiger partial charge in [-0.15, -0.1) is 0 Å². The molecule has 1 aromatic heterocycles. The van der Waals surface area contributed by atoms with Crippen molar-refractivity contribution in [3.05, 3.63) is 15.9 Å². The number of aryl methyl sites for hydroxylation is 1. The molecule has 0 aliphatic rings. The fourth-order valence-corrected chi connectivity index (χ4v) is 1.91. The normalized spacial score (nSPS) is 10.9. The van der Waals surface area contributed by atoms with Crippen molar-refractivity contribution in [3.8, 4) is 11.8 Å². The highest BCUT2D eigenvalue weighted by molar-refractivity contribution is 9.10. The Morgan fingerprint density at radius 3 is 2.59 bits per heavy atom. The van der Waals surface area contributed by atoms with Crippen molar-refractivity contribution in [2.75, 3.05) is 5.75 Å². The van der Waals surface area contributed by atoms with Crippen LogP contribution < -0.4 is 0 Å². The third-order valence-electron chi connectivity index (χ3n) is 1.76. The molecule has 92 valence electrons. The van der Waals surface area contributed by atoms with Gasteiger partial charge in [-0.1, -0.05) is 24.6 Å². The Hall–Kier alpha value is -0.570. The molecule has 0 aliphatic carbocycles. The lowest BCUT2D eigenvalue weighted by molar-refractivity contribution is 0.143. The number of hydrogen-bond donors (Lipinski definition) is 1. The molecule has 0 aliphatic heterocycles. The van der Waals surface area contributed by atoms with E-state index in [-0.39, 0.29) is 0 Å². The van der Waals surface area contributed by atoms with E-state index in [0.29, 0.717) is 10.9 Å². The number of thioether (sulfide) groups is 1. The second-order valence-corrected chi connectivity index (χ2v) is 6.02. The van der Waals surface area contributed by atoms with Crippen molar-refractivity contribution >= 4 is 27.7 Å². The lowest BCUT2D eigenvalue weighted by Gasteiger charge is -2.07. The molecule has 0 fully saturated rings. The zero-order valence-corrected chi connectivity index (χ0v) is 12.7. The highest BCUT2D eigenvalue weighted by Gasteiger charge is 2.10. The van der Waals surface area contributed by atoms with Crippen LogP contribution in [-0.2, 0) is 0 Å². The maximum absolute atomic E-state index is 9.57. The average Bonchev–Trinajstić information content (AvgIpc) is 2.20. The first kappa shape index (κ1) is 14.5. The topological polar surface area (TPSA) is 46.0 Å². The summed E-state index contributed by atoms with van der Waals surface area (Å²) in [6.07, 6.45) is 0. The van der Waals surface area contributed by atoms with Crippen LogP contribution in [0.5, 0.6) is 0 Å². The fraction of sp³-hybridized carbons (Fsp3) is 0.500. The molecule has 3 nitrogen and oxygen atoms in total. The van der Waals surface area contributed by atoms with Crippen molar-refractivity contribution in [3.63, 3.8) is 0 Å². The molecule has 0 saturated heterocycles. The molecule has 1 N–H and O–H groups in total. The van der Waals surface area contributed by atoms with Crippen LogP contribution in [0, 0.1) is 18.8 Å². The van der Waals surface area contributed by atoms with Crippen LogP contribution in [0.25, 0.3) is 0 Å². The van der Waals surface area contributed by atoms with Crippen LogP contribution in [0.4, 0.5) is 0 Å². The van der Waals surface area contributed by atoms with E-state index >= 15 is 0 Å². The quantitative estimate of drug-likeness (QED) is 0.518. The Bertz CT molecular complexity index is 472. The van der Waals surface area contributed by atoms with Crippen molar-refractivity contribution in [1.29, 1.82) is 0 Å². The SMILES string of the molecule is CCSc1nc(C)c(Br)c(C#CC(C)(C)O)n1. The molecule has 0 aromatic carbocycles. The maximum Gasteiger partial charge on any atom is 0.189 e. The smallest absolute Gasteiger partial charge is 0.189 e. The van der Waals surface area contributed by atoms with Crippen LogP contribution >= 0.6 is 27.7 Å². The number of hydrogen-bond acceptors (Lipinski definition) is 4. The molecule has 1 heterocycles. The summed E-state index contributed by atoms with van der Waals surface area (Å²) in [5.41, 5.74) is 0.461. The van der Waals surface area contributed by atoms with Gasteiger partial charge < -0.3 is 5.11 Å². The molecule has 1 aromatic rings. The molecule has 0 bridgehead atoms. The van der Waals surface area contributed by atoms with Gasteiger partial charge in [-0.3, -0.25) is 0 Å². The third kappa shape index (κ3) is 4.66. The summed E-state index contributed by atoms with van der Waals surface area (Å²) in [6, 6.07) is 0. The van der Waals surface area contributed by atoms with Gasteiger partial charge in [-0.25, -0.2) is 9.97 Å². The van der Waals surface area contributed by atoms with Gasteiger partial charge in [-0.05, 0) is 48.4 Å². The first-order chi connectivity index (χ1) is 7.83. The van der Waals surface area contributed by atoms with Crippen molar-refractivity contribution in [2.24, 2.45) is 0 Å². The molecule has 17 heavy (non-hydrogen) atoms. The molecule has 5 heteroatoms. The Morgan fingerprint density at radius 2 is 2.06 bits per heavy atom. The van der Waals surface area contributed by atoms with E-state index in [2.05, 4.69) is 37.7 Å². The first-order valence-electron chi connectivity index (χ1n) is 5.26. The van der Waals surface area contributed by atoms with Gasteiger partial charge in [0.25, 0.3) is 0 Å². The standard InChI is InChI=1S/C12H15BrN2OS/c1-5-17-11-14-8(2)10(13)9(15-11)6-7-12(3,4)16/h16H,5H2,1-4H3. The zero-order chi connectivity index (χ0) is 13.1. The lowest BCUT2D eigenvalue weighted by Crippen LogP contribution is -2.14. The predicted molar refractivity (Wildman–Crippen MR) is 74.0 cm³/mol. The van der Waals surface area contributed by atoms with Crippen LogP contribution in [0.1, 0.15) is 32.2 Å². The van der Waals surface area contributed by atoms with Gasteiger partial charge in [0.1, 0.15) is 11.3 Å². The van der Waals surface area contributed by atoms with E-state index in [1.165, 1.54) is 0 Å².